The summed E-state index contributed by atoms with van der Waals surface area (Å²) in [5, 5.41) is 13.6. The van der Waals surface area contributed by atoms with Gasteiger partial charge in [-0.3, -0.25) is 14.7 Å². The topological polar surface area (TPSA) is 78.3 Å². The highest BCUT2D eigenvalue weighted by atomic mass is 31.0. The number of rotatable bonds is 10. The number of hydrogen-bond acceptors (Lipinski definition) is 5. The van der Waals surface area contributed by atoms with Gasteiger partial charge in [-0.25, -0.2) is 4.98 Å². The van der Waals surface area contributed by atoms with Gasteiger partial charge in [0.15, 0.2) is 0 Å². The zero-order valence-electron chi connectivity index (χ0n) is 20.7. The molecule has 1 aliphatic carbocycles. The van der Waals surface area contributed by atoms with E-state index in [1.807, 2.05) is 18.3 Å². The van der Waals surface area contributed by atoms with Crippen molar-refractivity contribution in [3.05, 3.63) is 53.0 Å². The SMILES string of the molecule is O=C(O)[C@@H](c1cccnc1C1CCC1)N1CCC([C@H](P)CCCCc2ccc3c(n2)NCCC3)C1. The van der Waals surface area contributed by atoms with Gasteiger partial charge in [-0.2, -0.15) is 0 Å². The van der Waals surface area contributed by atoms with Crippen molar-refractivity contribution in [1.29, 1.82) is 0 Å². The number of aryl methyl sites for hydroxylation is 2. The van der Waals surface area contributed by atoms with Crippen LogP contribution in [0, 0.1) is 5.92 Å². The number of hydrogen-bond donors (Lipinski definition) is 2. The first-order valence-corrected chi connectivity index (χ1v) is 14.2. The standard InChI is InChI=1S/C28H39N4O2P/c33-28(34)26(23-10-5-15-29-25(23)19-6-3-7-19)32-17-14-21(18-32)24(35)11-2-1-9-22-13-12-20-8-4-16-30-27(20)31-22/h5,10,12-13,15,19,21,24,26H,1-4,6-9,11,14,16-18,35H2,(H,30,31)(H,33,34)/t21?,24-,26-/m1/s1. The Morgan fingerprint density at radius 2 is 2.09 bits per heavy atom. The lowest BCUT2D eigenvalue weighted by molar-refractivity contribution is -0.143. The van der Waals surface area contributed by atoms with E-state index in [-0.39, 0.29) is 0 Å². The van der Waals surface area contributed by atoms with Crippen LogP contribution in [-0.4, -0.2) is 51.2 Å². The summed E-state index contributed by atoms with van der Waals surface area (Å²) in [4.78, 5) is 24.0. The van der Waals surface area contributed by atoms with E-state index in [0.29, 0.717) is 17.5 Å². The highest BCUT2D eigenvalue weighted by Gasteiger charge is 2.38. The molecule has 5 rings (SSSR count). The molecule has 0 bridgehead atoms. The minimum absolute atomic E-state index is 0.432. The molecule has 35 heavy (non-hydrogen) atoms. The molecule has 3 aliphatic rings. The Balaban J connectivity index is 1.13. The first-order chi connectivity index (χ1) is 17.1. The first kappa shape index (κ1) is 24.6. The monoisotopic (exact) mass is 494 g/mol. The normalized spacial score (nSPS) is 22.1. The highest BCUT2D eigenvalue weighted by Crippen LogP contribution is 2.41. The van der Waals surface area contributed by atoms with Gasteiger partial charge >= 0.3 is 5.97 Å². The second-order valence-electron chi connectivity index (χ2n) is 10.6. The maximum Gasteiger partial charge on any atom is 0.325 e. The van der Waals surface area contributed by atoms with Crippen molar-refractivity contribution in [2.75, 3.05) is 25.0 Å². The van der Waals surface area contributed by atoms with Crippen LogP contribution < -0.4 is 5.32 Å². The molecule has 0 amide bonds. The Morgan fingerprint density at radius 1 is 1.20 bits per heavy atom. The summed E-state index contributed by atoms with van der Waals surface area (Å²) in [6.07, 6.45) is 13.2. The molecule has 2 aromatic rings. The second-order valence-corrected chi connectivity index (χ2v) is 11.5. The van der Waals surface area contributed by atoms with Crippen LogP contribution in [0.3, 0.4) is 0 Å². The minimum atomic E-state index is -0.744. The molecule has 4 heterocycles. The first-order valence-electron chi connectivity index (χ1n) is 13.5. The molecular weight excluding hydrogens is 455 g/mol. The van der Waals surface area contributed by atoms with E-state index in [1.165, 1.54) is 30.5 Å². The van der Waals surface area contributed by atoms with Gasteiger partial charge in [-0.15, -0.1) is 9.24 Å². The molecule has 1 saturated heterocycles. The Morgan fingerprint density at radius 3 is 2.89 bits per heavy atom. The third-order valence-electron chi connectivity index (χ3n) is 8.29. The van der Waals surface area contributed by atoms with Crippen LogP contribution in [0.1, 0.15) is 85.8 Å². The lowest BCUT2D eigenvalue weighted by Crippen LogP contribution is -2.34. The number of likely N-dealkylation sites (tertiary alicyclic amines) is 1. The largest absolute Gasteiger partial charge is 0.480 e. The summed E-state index contributed by atoms with van der Waals surface area (Å²) in [7, 11) is 3.07. The molecule has 2 aromatic heterocycles. The lowest BCUT2D eigenvalue weighted by Gasteiger charge is -2.31. The van der Waals surface area contributed by atoms with Gasteiger partial charge < -0.3 is 10.4 Å². The van der Waals surface area contributed by atoms with E-state index >= 15 is 0 Å². The fourth-order valence-electron chi connectivity index (χ4n) is 6.00. The quantitative estimate of drug-likeness (QED) is 0.349. The van der Waals surface area contributed by atoms with Crippen LogP contribution in [0.2, 0.25) is 0 Å². The molecule has 0 aromatic carbocycles. The van der Waals surface area contributed by atoms with Crippen molar-refractivity contribution in [3.63, 3.8) is 0 Å². The number of carboxylic acids is 1. The van der Waals surface area contributed by atoms with Crippen LogP contribution >= 0.6 is 9.24 Å². The summed E-state index contributed by atoms with van der Waals surface area (Å²) >= 11 is 0. The third-order valence-corrected chi connectivity index (χ3v) is 9.17. The molecule has 0 radical (unpaired) electrons. The molecule has 4 atom stereocenters. The number of carboxylic acid groups (broad SMARTS) is 1. The summed E-state index contributed by atoms with van der Waals surface area (Å²) in [5.41, 5.74) is 4.99. The van der Waals surface area contributed by atoms with E-state index in [1.54, 1.807) is 0 Å². The van der Waals surface area contributed by atoms with Gasteiger partial charge in [-0.1, -0.05) is 25.0 Å². The summed E-state index contributed by atoms with van der Waals surface area (Å²) < 4.78 is 0. The van der Waals surface area contributed by atoms with Crippen LogP contribution in [0.15, 0.2) is 30.5 Å². The van der Waals surface area contributed by atoms with Crippen molar-refractivity contribution < 1.29 is 9.90 Å². The van der Waals surface area contributed by atoms with Gasteiger partial charge in [0.2, 0.25) is 0 Å². The van der Waals surface area contributed by atoms with Crippen molar-refractivity contribution >= 4 is 21.0 Å². The molecular formula is C28H39N4O2P. The highest BCUT2D eigenvalue weighted by molar-refractivity contribution is 7.17. The molecule has 2 unspecified atom stereocenters. The lowest BCUT2D eigenvalue weighted by atomic mass is 9.80. The van der Waals surface area contributed by atoms with E-state index in [0.717, 1.165) is 81.7 Å². The fourth-order valence-corrected chi connectivity index (χ4v) is 6.55. The fraction of sp³-hybridized carbons (Fsp3) is 0.607. The second kappa shape index (κ2) is 11.3. The average molecular weight is 495 g/mol. The molecule has 1 saturated carbocycles. The zero-order chi connectivity index (χ0) is 24.2. The number of fused-ring (bicyclic) bond motifs is 1. The number of pyridine rings is 2. The Kier molecular flexibility index (Phi) is 7.99. The molecule has 188 valence electrons. The van der Waals surface area contributed by atoms with Crippen molar-refractivity contribution in [1.82, 2.24) is 14.9 Å². The van der Waals surface area contributed by atoms with Crippen molar-refractivity contribution in [3.8, 4) is 0 Å². The average Bonchev–Trinajstić information content (AvgIpc) is 3.31. The molecule has 0 spiro atoms. The van der Waals surface area contributed by atoms with Crippen LogP contribution in [0.4, 0.5) is 5.82 Å². The summed E-state index contributed by atoms with van der Waals surface area (Å²) in [6, 6.07) is 7.75. The van der Waals surface area contributed by atoms with Crippen LogP contribution in [-0.2, 0) is 17.6 Å². The van der Waals surface area contributed by atoms with E-state index in [2.05, 4.69) is 36.6 Å². The number of nitrogens with zero attached hydrogens (tertiary/aromatic N) is 3. The molecule has 2 aliphatic heterocycles. The Labute approximate surface area is 211 Å². The van der Waals surface area contributed by atoms with E-state index in [4.69, 9.17) is 4.98 Å². The maximum atomic E-state index is 12.4. The van der Waals surface area contributed by atoms with Crippen LogP contribution in [0.5, 0.6) is 0 Å². The van der Waals surface area contributed by atoms with Gasteiger partial charge in [0.25, 0.3) is 0 Å². The summed E-state index contributed by atoms with van der Waals surface area (Å²) in [6.45, 7) is 2.72. The number of anilines is 1. The number of aliphatic carboxylic acids is 1. The zero-order valence-corrected chi connectivity index (χ0v) is 21.8. The predicted molar refractivity (Wildman–Crippen MR) is 143 cm³/mol. The van der Waals surface area contributed by atoms with Gasteiger partial charge in [0, 0.05) is 42.2 Å². The molecule has 2 fully saturated rings. The molecule has 7 heteroatoms. The summed E-state index contributed by atoms with van der Waals surface area (Å²) in [5.74, 6) is 1.30. The minimum Gasteiger partial charge on any atom is -0.480 e. The number of carbonyl (C=O) groups is 1. The third kappa shape index (κ3) is 5.70. The number of unbranched alkanes of at least 4 members (excludes halogenated alkanes) is 1. The maximum absolute atomic E-state index is 12.4. The Bertz CT molecular complexity index is 1030. The van der Waals surface area contributed by atoms with Crippen molar-refractivity contribution in [2.24, 2.45) is 5.92 Å². The van der Waals surface area contributed by atoms with E-state index < -0.39 is 12.0 Å². The van der Waals surface area contributed by atoms with Gasteiger partial charge in [0.1, 0.15) is 11.9 Å². The molecule has 2 N–H and O–H groups in total. The Hall–Kier alpha value is -2.04. The van der Waals surface area contributed by atoms with Crippen molar-refractivity contribution in [2.45, 2.75) is 81.8 Å². The van der Waals surface area contributed by atoms with Crippen LogP contribution in [0.25, 0.3) is 0 Å². The molecule has 6 nitrogen and oxygen atoms in total. The smallest absolute Gasteiger partial charge is 0.325 e. The van der Waals surface area contributed by atoms with Gasteiger partial charge in [0.05, 0.1) is 0 Å². The van der Waals surface area contributed by atoms with Gasteiger partial charge in [-0.05, 0) is 87.2 Å². The predicted octanol–water partition coefficient (Wildman–Crippen LogP) is 5.21. The number of nitrogens with one attached hydrogen (secondary N) is 1. The van der Waals surface area contributed by atoms with E-state index in [9.17, 15) is 9.90 Å². The number of aromatic nitrogens is 2.